The summed E-state index contributed by atoms with van der Waals surface area (Å²) in [4.78, 5) is 24.1. The van der Waals surface area contributed by atoms with Gasteiger partial charge in [0.2, 0.25) is 5.95 Å². The van der Waals surface area contributed by atoms with Gasteiger partial charge in [0, 0.05) is 29.9 Å². The van der Waals surface area contributed by atoms with Crippen LogP contribution < -0.4 is 15.5 Å². The number of aromatic amines is 1. The largest absolute Gasteiger partial charge is 0.377 e. The number of fused-ring (bicyclic) bond motifs is 1. The number of nitrogens with zero attached hydrogens (tertiary/aromatic N) is 6. The van der Waals surface area contributed by atoms with E-state index in [0.29, 0.717) is 37.4 Å². The van der Waals surface area contributed by atoms with E-state index >= 15 is 0 Å². The van der Waals surface area contributed by atoms with Gasteiger partial charge in [0.15, 0.2) is 11.5 Å². The molecule has 1 saturated carbocycles. The Bertz CT molecular complexity index is 1310. The number of hydrogen-bond donors (Lipinski definition) is 3. The lowest BCUT2D eigenvalue weighted by Crippen LogP contribution is -2.44. The molecule has 3 N–H and O–H groups in total. The van der Waals surface area contributed by atoms with Gasteiger partial charge in [-0.3, -0.25) is 5.10 Å². The number of aromatic nitrogens is 6. The summed E-state index contributed by atoms with van der Waals surface area (Å²) in [6.45, 7) is 4.07. The lowest BCUT2D eigenvalue weighted by molar-refractivity contribution is 0.0981. The molecule has 174 valence electrons. The van der Waals surface area contributed by atoms with E-state index < -0.39 is 0 Å². The van der Waals surface area contributed by atoms with Crippen molar-refractivity contribution in [2.24, 2.45) is 0 Å². The van der Waals surface area contributed by atoms with Crippen LogP contribution in [0.4, 0.5) is 16.4 Å². The summed E-state index contributed by atoms with van der Waals surface area (Å²) in [6, 6.07) is 9.80. The van der Waals surface area contributed by atoms with E-state index in [1.54, 1.807) is 17.1 Å². The van der Waals surface area contributed by atoms with Gasteiger partial charge < -0.3 is 20.3 Å². The zero-order chi connectivity index (χ0) is 23.1. The molecule has 1 aromatic carbocycles. The van der Waals surface area contributed by atoms with Crippen molar-refractivity contribution in [3.63, 3.8) is 0 Å². The summed E-state index contributed by atoms with van der Waals surface area (Å²) in [5.74, 6) is 1.35. The Morgan fingerprint density at radius 3 is 2.76 bits per heavy atom. The average Bonchev–Trinajstić information content (AvgIpc) is 3.31. The number of nitrogens with one attached hydrogen (secondary N) is 3. The molecule has 6 rings (SSSR count). The molecular weight excluding hydrogens is 434 g/mol. The fourth-order valence-corrected chi connectivity index (χ4v) is 4.10. The summed E-state index contributed by atoms with van der Waals surface area (Å²) in [7, 11) is 0. The number of carbonyl (C=O) groups excluding carboxylic acids is 1. The van der Waals surface area contributed by atoms with E-state index in [-0.39, 0.29) is 12.1 Å². The van der Waals surface area contributed by atoms with Crippen molar-refractivity contribution in [2.75, 3.05) is 30.0 Å². The van der Waals surface area contributed by atoms with Crippen LogP contribution in [0.15, 0.2) is 42.7 Å². The molecule has 1 aliphatic heterocycles. The SMILES string of the molecule is C[C@@H]1COCCN1c1nc(-c2ccc(NC(=O)NC3CC3)cc2)c2cnn(-c3ccn[nH]3)c2n1. The number of H-pyrrole nitrogens is 1. The second-order valence-corrected chi connectivity index (χ2v) is 8.68. The summed E-state index contributed by atoms with van der Waals surface area (Å²) >= 11 is 0. The van der Waals surface area contributed by atoms with Crippen LogP contribution in [0.3, 0.4) is 0 Å². The van der Waals surface area contributed by atoms with Gasteiger partial charge in [-0.05, 0) is 31.9 Å². The fourth-order valence-electron chi connectivity index (χ4n) is 4.10. The summed E-state index contributed by atoms with van der Waals surface area (Å²) in [5, 5.41) is 18.2. The minimum Gasteiger partial charge on any atom is -0.377 e. The minimum atomic E-state index is -0.177. The number of amides is 2. The van der Waals surface area contributed by atoms with Gasteiger partial charge in [-0.25, -0.2) is 9.78 Å². The van der Waals surface area contributed by atoms with Gasteiger partial charge in [0.1, 0.15) is 0 Å². The molecule has 1 saturated heterocycles. The van der Waals surface area contributed by atoms with Crippen LogP contribution in [0, 0.1) is 0 Å². The Morgan fingerprint density at radius 2 is 2.03 bits per heavy atom. The van der Waals surface area contributed by atoms with Gasteiger partial charge >= 0.3 is 6.03 Å². The molecule has 2 amide bonds. The number of hydrogen-bond acceptors (Lipinski definition) is 7. The lowest BCUT2D eigenvalue weighted by Gasteiger charge is -2.33. The average molecular weight is 460 g/mol. The highest BCUT2D eigenvalue weighted by Gasteiger charge is 2.25. The van der Waals surface area contributed by atoms with Crippen LogP contribution in [0.1, 0.15) is 19.8 Å². The predicted molar refractivity (Wildman–Crippen MR) is 127 cm³/mol. The molecule has 2 aliphatic rings. The van der Waals surface area contributed by atoms with Crippen molar-refractivity contribution in [1.82, 2.24) is 35.3 Å². The van der Waals surface area contributed by atoms with Gasteiger partial charge in [-0.2, -0.15) is 19.9 Å². The van der Waals surface area contributed by atoms with Gasteiger partial charge in [-0.1, -0.05) is 12.1 Å². The summed E-state index contributed by atoms with van der Waals surface area (Å²) in [6.07, 6.45) is 5.55. The first-order chi connectivity index (χ1) is 16.7. The molecule has 0 radical (unpaired) electrons. The molecule has 4 aromatic rings. The first-order valence-corrected chi connectivity index (χ1v) is 11.4. The number of morpholine rings is 1. The van der Waals surface area contributed by atoms with Crippen LogP contribution >= 0.6 is 0 Å². The molecular formula is C23H25N9O2. The van der Waals surface area contributed by atoms with Crippen molar-refractivity contribution in [1.29, 1.82) is 0 Å². The number of carbonyl (C=O) groups is 1. The number of anilines is 2. The molecule has 1 aliphatic carbocycles. The molecule has 0 spiro atoms. The van der Waals surface area contributed by atoms with Crippen LogP contribution in [0.5, 0.6) is 0 Å². The van der Waals surface area contributed by atoms with Crippen LogP contribution in [0.25, 0.3) is 28.1 Å². The third-order valence-electron chi connectivity index (χ3n) is 6.08. The first kappa shape index (κ1) is 20.6. The predicted octanol–water partition coefficient (Wildman–Crippen LogP) is 2.71. The standard InChI is InChI=1S/C23H25N9O2/c1-14-13-34-11-10-31(14)22-28-20(18-12-25-32(21(18)29-22)19-8-9-24-30-19)15-2-4-16(5-3-15)26-23(33)27-17-6-7-17/h2-5,8-9,12,14,17H,6-7,10-11,13H2,1H3,(H,24,30)(H2,26,27,33)/t14-/m1/s1. The zero-order valence-corrected chi connectivity index (χ0v) is 18.7. The van der Waals surface area contributed by atoms with E-state index in [1.165, 1.54) is 0 Å². The number of ether oxygens (including phenoxy) is 1. The molecule has 2 fully saturated rings. The third-order valence-corrected chi connectivity index (χ3v) is 6.08. The zero-order valence-electron chi connectivity index (χ0n) is 18.7. The third kappa shape index (κ3) is 3.94. The normalized spacial score (nSPS) is 18.3. The van der Waals surface area contributed by atoms with Crippen LogP contribution in [0.2, 0.25) is 0 Å². The van der Waals surface area contributed by atoms with Crippen LogP contribution in [-0.2, 0) is 4.74 Å². The Balaban J connectivity index is 1.39. The van der Waals surface area contributed by atoms with Crippen molar-refractivity contribution < 1.29 is 9.53 Å². The van der Waals surface area contributed by atoms with E-state index in [1.807, 2.05) is 30.3 Å². The molecule has 34 heavy (non-hydrogen) atoms. The van der Waals surface area contributed by atoms with E-state index in [0.717, 1.165) is 41.0 Å². The van der Waals surface area contributed by atoms with Crippen LogP contribution in [-0.4, -0.2) is 67.8 Å². The van der Waals surface area contributed by atoms with E-state index in [9.17, 15) is 4.79 Å². The van der Waals surface area contributed by atoms with Crippen molar-refractivity contribution >= 4 is 28.7 Å². The highest BCUT2D eigenvalue weighted by molar-refractivity contribution is 5.93. The maximum atomic E-state index is 12.1. The summed E-state index contributed by atoms with van der Waals surface area (Å²) in [5.41, 5.74) is 3.10. The number of rotatable bonds is 5. The van der Waals surface area contributed by atoms with E-state index in [4.69, 9.17) is 14.7 Å². The molecule has 0 bridgehead atoms. The maximum absolute atomic E-state index is 12.1. The highest BCUT2D eigenvalue weighted by atomic mass is 16.5. The highest BCUT2D eigenvalue weighted by Crippen LogP contribution is 2.31. The topological polar surface area (TPSA) is 126 Å². The van der Waals surface area contributed by atoms with E-state index in [2.05, 4.69) is 37.8 Å². The van der Waals surface area contributed by atoms with Crippen molar-refractivity contribution in [3.8, 4) is 17.1 Å². The van der Waals surface area contributed by atoms with Crippen molar-refractivity contribution in [2.45, 2.75) is 31.8 Å². The Hall–Kier alpha value is -3.99. The number of urea groups is 1. The first-order valence-electron chi connectivity index (χ1n) is 11.4. The molecule has 11 heteroatoms. The molecule has 3 aromatic heterocycles. The molecule has 4 heterocycles. The van der Waals surface area contributed by atoms with Gasteiger partial charge in [0.25, 0.3) is 0 Å². The summed E-state index contributed by atoms with van der Waals surface area (Å²) < 4.78 is 7.34. The molecule has 0 unspecified atom stereocenters. The smallest absolute Gasteiger partial charge is 0.319 e. The monoisotopic (exact) mass is 459 g/mol. The lowest BCUT2D eigenvalue weighted by atomic mass is 10.1. The Labute approximate surface area is 195 Å². The quantitative estimate of drug-likeness (QED) is 0.419. The second kappa shape index (κ2) is 8.41. The Morgan fingerprint density at radius 1 is 1.18 bits per heavy atom. The number of benzene rings is 1. The maximum Gasteiger partial charge on any atom is 0.319 e. The Kier molecular flexibility index (Phi) is 5.10. The van der Waals surface area contributed by atoms with Crippen molar-refractivity contribution in [3.05, 3.63) is 42.7 Å². The fraction of sp³-hybridized carbons (Fsp3) is 0.348. The minimum absolute atomic E-state index is 0.152. The second-order valence-electron chi connectivity index (χ2n) is 8.68. The van der Waals surface area contributed by atoms with Gasteiger partial charge in [-0.15, -0.1) is 0 Å². The molecule has 1 atom stereocenters. The molecule has 11 nitrogen and oxygen atoms in total. The van der Waals surface area contributed by atoms with Gasteiger partial charge in [0.05, 0.1) is 42.7 Å².